The van der Waals surface area contributed by atoms with Gasteiger partial charge in [-0.05, 0) is 56.3 Å². The molecule has 0 aromatic carbocycles. The van der Waals surface area contributed by atoms with Crippen LogP contribution >= 0.6 is 0 Å². The molecule has 3 unspecified atom stereocenters. The summed E-state index contributed by atoms with van der Waals surface area (Å²) in [6, 6.07) is 0. The molecule has 0 heterocycles. The van der Waals surface area contributed by atoms with Gasteiger partial charge in [-0.2, -0.15) is 0 Å². The zero-order chi connectivity index (χ0) is 12.9. The van der Waals surface area contributed by atoms with Crippen LogP contribution in [-0.4, -0.2) is 24.4 Å². The lowest BCUT2D eigenvalue weighted by atomic mass is 9.67. The third kappa shape index (κ3) is 4.97. The molecule has 2 nitrogen and oxygen atoms in total. The van der Waals surface area contributed by atoms with Gasteiger partial charge in [0, 0.05) is 13.2 Å². The molecule has 0 saturated heterocycles. The van der Waals surface area contributed by atoms with Crippen molar-refractivity contribution < 1.29 is 9.84 Å². The van der Waals surface area contributed by atoms with Crippen molar-refractivity contribution in [3.8, 4) is 0 Å². The maximum Gasteiger partial charge on any atom is 0.0568 e. The Morgan fingerprint density at radius 3 is 2.53 bits per heavy atom. The van der Waals surface area contributed by atoms with E-state index in [1.807, 2.05) is 6.92 Å². The number of ether oxygens (including phenoxy) is 1. The van der Waals surface area contributed by atoms with Gasteiger partial charge in [-0.3, -0.25) is 0 Å². The van der Waals surface area contributed by atoms with Gasteiger partial charge in [-0.1, -0.05) is 20.8 Å². The maximum absolute atomic E-state index is 10.1. The molecule has 1 aliphatic carbocycles. The zero-order valence-corrected chi connectivity index (χ0v) is 12.0. The Morgan fingerprint density at radius 2 is 1.94 bits per heavy atom. The van der Waals surface area contributed by atoms with E-state index in [2.05, 4.69) is 20.8 Å². The Labute approximate surface area is 107 Å². The van der Waals surface area contributed by atoms with Gasteiger partial charge in [0.15, 0.2) is 0 Å². The molecule has 0 aromatic heterocycles. The fourth-order valence-corrected chi connectivity index (χ4v) is 2.94. The first-order valence-electron chi connectivity index (χ1n) is 7.21. The third-order valence-corrected chi connectivity index (χ3v) is 4.23. The molecule has 17 heavy (non-hydrogen) atoms. The number of aliphatic hydroxyl groups is 1. The van der Waals surface area contributed by atoms with Crippen molar-refractivity contribution in [1.82, 2.24) is 0 Å². The smallest absolute Gasteiger partial charge is 0.0568 e. The van der Waals surface area contributed by atoms with Crippen molar-refractivity contribution >= 4 is 0 Å². The van der Waals surface area contributed by atoms with Crippen LogP contribution in [0, 0.1) is 17.3 Å². The molecule has 1 aliphatic rings. The highest BCUT2D eigenvalue weighted by Gasteiger charge is 2.34. The first kappa shape index (κ1) is 15.0. The van der Waals surface area contributed by atoms with E-state index in [4.69, 9.17) is 4.74 Å². The largest absolute Gasteiger partial charge is 0.393 e. The average Bonchev–Trinajstić information content (AvgIpc) is 2.25. The SMILES string of the molecule is CCOCCCC1CC(C(C)(C)C)CCC1O. The van der Waals surface area contributed by atoms with Crippen LogP contribution in [-0.2, 0) is 4.74 Å². The number of rotatable bonds is 5. The summed E-state index contributed by atoms with van der Waals surface area (Å²) >= 11 is 0. The lowest BCUT2D eigenvalue weighted by molar-refractivity contribution is 0.0114. The summed E-state index contributed by atoms with van der Waals surface area (Å²) in [5.74, 6) is 1.26. The van der Waals surface area contributed by atoms with Gasteiger partial charge in [0.2, 0.25) is 0 Å². The molecule has 1 N–H and O–H groups in total. The van der Waals surface area contributed by atoms with E-state index in [0.29, 0.717) is 11.3 Å². The van der Waals surface area contributed by atoms with Crippen molar-refractivity contribution in [3.05, 3.63) is 0 Å². The topological polar surface area (TPSA) is 29.5 Å². The highest BCUT2D eigenvalue weighted by atomic mass is 16.5. The average molecular weight is 242 g/mol. The minimum atomic E-state index is -0.0739. The minimum Gasteiger partial charge on any atom is -0.393 e. The quantitative estimate of drug-likeness (QED) is 0.746. The number of hydrogen-bond acceptors (Lipinski definition) is 2. The van der Waals surface area contributed by atoms with E-state index in [1.165, 1.54) is 12.8 Å². The molecule has 3 atom stereocenters. The van der Waals surface area contributed by atoms with Gasteiger partial charge < -0.3 is 9.84 Å². The molecule has 0 aliphatic heterocycles. The Morgan fingerprint density at radius 1 is 1.24 bits per heavy atom. The second-order valence-corrected chi connectivity index (χ2v) is 6.54. The van der Waals surface area contributed by atoms with E-state index in [-0.39, 0.29) is 6.10 Å². The molecule has 1 fully saturated rings. The van der Waals surface area contributed by atoms with Crippen molar-refractivity contribution in [3.63, 3.8) is 0 Å². The number of hydrogen-bond donors (Lipinski definition) is 1. The summed E-state index contributed by atoms with van der Waals surface area (Å²) in [5.41, 5.74) is 0.387. The van der Waals surface area contributed by atoms with E-state index in [1.54, 1.807) is 0 Å². The van der Waals surface area contributed by atoms with Gasteiger partial charge in [0.1, 0.15) is 0 Å². The number of aliphatic hydroxyl groups excluding tert-OH is 1. The fraction of sp³-hybridized carbons (Fsp3) is 1.00. The van der Waals surface area contributed by atoms with Crippen LogP contribution in [0.15, 0.2) is 0 Å². The predicted octanol–water partition coefficient (Wildman–Crippen LogP) is 3.63. The maximum atomic E-state index is 10.1. The van der Waals surface area contributed by atoms with Crippen LogP contribution in [0.1, 0.15) is 59.8 Å². The monoisotopic (exact) mass is 242 g/mol. The van der Waals surface area contributed by atoms with Crippen LogP contribution in [0.4, 0.5) is 0 Å². The highest BCUT2D eigenvalue weighted by molar-refractivity contribution is 4.85. The molecule has 2 heteroatoms. The van der Waals surface area contributed by atoms with E-state index in [0.717, 1.165) is 38.4 Å². The summed E-state index contributed by atoms with van der Waals surface area (Å²) in [4.78, 5) is 0. The van der Waals surface area contributed by atoms with Crippen LogP contribution in [0.2, 0.25) is 0 Å². The van der Waals surface area contributed by atoms with Gasteiger partial charge in [0.25, 0.3) is 0 Å². The second-order valence-electron chi connectivity index (χ2n) is 6.54. The van der Waals surface area contributed by atoms with Crippen LogP contribution in [0.3, 0.4) is 0 Å². The summed E-state index contributed by atoms with van der Waals surface area (Å²) in [7, 11) is 0. The van der Waals surface area contributed by atoms with Crippen molar-refractivity contribution in [2.24, 2.45) is 17.3 Å². The first-order valence-corrected chi connectivity index (χ1v) is 7.21. The van der Waals surface area contributed by atoms with Gasteiger partial charge in [-0.15, -0.1) is 0 Å². The summed E-state index contributed by atoms with van der Waals surface area (Å²) in [5, 5.41) is 10.1. The Hall–Kier alpha value is -0.0800. The molecule has 1 rings (SSSR count). The second kappa shape index (κ2) is 6.75. The van der Waals surface area contributed by atoms with Crippen molar-refractivity contribution in [2.45, 2.75) is 65.9 Å². The Kier molecular flexibility index (Phi) is 5.94. The zero-order valence-electron chi connectivity index (χ0n) is 12.0. The third-order valence-electron chi connectivity index (χ3n) is 4.23. The molecule has 0 spiro atoms. The Balaban J connectivity index is 2.36. The lowest BCUT2D eigenvalue weighted by Gasteiger charge is -2.40. The summed E-state index contributed by atoms with van der Waals surface area (Å²) < 4.78 is 5.37. The first-order chi connectivity index (χ1) is 7.95. The molecule has 0 radical (unpaired) electrons. The van der Waals surface area contributed by atoms with Crippen molar-refractivity contribution in [1.29, 1.82) is 0 Å². The molecule has 1 saturated carbocycles. The Bertz CT molecular complexity index is 207. The molecule has 0 aromatic rings. The van der Waals surface area contributed by atoms with Crippen LogP contribution < -0.4 is 0 Å². The molecule has 0 amide bonds. The van der Waals surface area contributed by atoms with Crippen LogP contribution in [0.5, 0.6) is 0 Å². The van der Waals surface area contributed by atoms with Crippen molar-refractivity contribution in [2.75, 3.05) is 13.2 Å². The highest BCUT2D eigenvalue weighted by Crippen LogP contribution is 2.41. The molecule has 0 bridgehead atoms. The van der Waals surface area contributed by atoms with Crippen LogP contribution in [0.25, 0.3) is 0 Å². The fourth-order valence-electron chi connectivity index (χ4n) is 2.94. The van der Waals surface area contributed by atoms with Gasteiger partial charge in [-0.25, -0.2) is 0 Å². The molecular weight excluding hydrogens is 212 g/mol. The summed E-state index contributed by atoms with van der Waals surface area (Å²) in [6.45, 7) is 10.7. The standard InChI is InChI=1S/C15H30O2/c1-5-17-10-6-7-12-11-13(15(2,3)4)8-9-14(12)16/h12-14,16H,5-11H2,1-4H3. The normalized spacial score (nSPS) is 30.5. The van der Waals surface area contributed by atoms with Gasteiger partial charge in [0.05, 0.1) is 6.10 Å². The van der Waals surface area contributed by atoms with E-state index < -0.39 is 0 Å². The van der Waals surface area contributed by atoms with Gasteiger partial charge >= 0.3 is 0 Å². The van der Waals surface area contributed by atoms with E-state index >= 15 is 0 Å². The summed E-state index contributed by atoms with van der Waals surface area (Å²) in [6.07, 6.45) is 5.50. The predicted molar refractivity (Wildman–Crippen MR) is 72.0 cm³/mol. The molecule has 102 valence electrons. The minimum absolute atomic E-state index is 0.0739. The lowest BCUT2D eigenvalue weighted by Crippen LogP contribution is -2.34. The molecular formula is C15H30O2. The van der Waals surface area contributed by atoms with E-state index in [9.17, 15) is 5.11 Å².